The first-order chi connectivity index (χ1) is 13.6. The van der Waals surface area contributed by atoms with Gasteiger partial charge in [-0.2, -0.15) is 0 Å². The molecular weight excluding hydrogens is 362 g/mol. The van der Waals surface area contributed by atoms with Crippen molar-refractivity contribution in [3.63, 3.8) is 0 Å². The summed E-state index contributed by atoms with van der Waals surface area (Å²) in [5.74, 6) is 0.841. The van der Waals surface area contributed by atoms with Crippen LogP contribution in [0.3, 0.4) is 0 Å². The van der Waals surface area contributed by atoms with Crippen molar-refractivity contribution in [1.82, 2.24) is 15.0 Å². The zero-order valence-corrected chi connectivity index (χ0v) is 15.3. The van der Waals surface area contributed by atoms with Gasteiger partial charge >= 0.3 is 11.7 Å². The molecule has 9 heteroatoms. The van der Waals surface area contributed by atoms with Gasteiger partial charge in [-0.25, -0.2) is 14.8 Å². The molecule has 1 aliphatic heterocycles. The first-order valence-corrected chi connectivity index (χ1v) is 8.99. The van der Waals surface area contributed by atoms with E-state index in [1.54, 1.807) is 0 Å². The number of carbonyl (C=O) groups is 1. The lowest BCUT2D eigenvalue weighted by Crippen LogP contribution is -2.34. The number of H-pyrrole nitrogens is 1. The molecule has 3 aromatic rings. The van der Waals surface area contributed by atoms with Crippen molar-refractivity contribution in [3.05, 3.63) is 58.0 Å². The Labute approximate surface area is 160 Å². The normalized spacial score (nSPS) is 15.0. The molecule has 9 nitrogen and oxygen atoms in total. The van der Waals surface area contributed by atoms with Gasteiger partial charge in [-0.1, -0.05) is 12.1 Å². The zero-order valence-electron chi connectivity index (χ0n) is 15.3. The standard InChI is InChI=1S/C19H19N5O4/c1-28-19(25)13-10-16(24(26)27)18(20-11-13)23-8-6-12(7-9-23)17-21-14-4-2-3-5-15(14)22-17/h2-5,10-12H,6-9H2,1H3,(H,21,22). The van der Waals surface area contributed by atoms with Gasteiger partial charge in [0, 0.05) is 31.3 Å². The number of rotatable bonds is 4. The molecule has 0 radical (unpaired) electrons. The number of hydrogen-bond donors (Lipinski definition) is 1. The Morgan fingerprint density at radius 1 is 1.32 bits per heavy atom. The highest BCUT2D eigenvalue weighted by Gasteiger charge is 2.29. The van der Waals surface area contributed by atoms with Crippen molar-refractivity contribution in [2.45, 2.75) is 18.8 Å². The van der Waals surface area contributed by atoms with Crippen LogP contribution in [0, 0.1) is 10.1 Å². The van der Waals surface area contributed by atoms with Crippen LogP contribution in [0.2, 0.25) is 0 Å². The summed E-state index contributed by atoms with van der Waals surface area (Å²) in [6.45, 7) is 1.24. The molecule has 1 aromatic carbocycles. The zero-order chi connectivity index (χ0) is 19.7. The van der Waals surface area contributed by atoms with Crippen LogP contribution in [0.1, 0.15) is 34.9 Å². The third-order valence-corrected chi connectivity index (χ3v) is 5.05. The lowest BCUT2D eigenvalue weighted by atomic mass is 9.96. The highest BCUT2D eigenvalue weighted by molar-refractivity contribution is 5.90. The Bertz CT molecular complexity index is 1010. The fourth-order valence-corrected chi connectivity index (χ4v) is 3.58. The van der Waals surface area contributed by atoms with Crippen molar-refractivity contribution in [2.75, 3.05) is 25.1 Å². The monoisotopic (exact) mass is 381 g/mol. The maximum absolute atomic E-state index is 11.6. The average Bonchev–Trinajstić information content (AvgIpc) is 3.17. The van der Waals surface area contributed by atoms with E-state index in [2.05, 4.69) is 19.7 Å². The van der Waals surface area contributed by atoms with Gasteiger partial charge in [-0.05, 0) is 25.0 Å². The van der Waals surface area contributed by atoms with E-state index in [0.29, 0.717) is 13.1 Å². The van der Waals surface area contributed by atoms with Crippen LogP contribution in [0.4, 0.5) is 11.5 Å². The van der Waals surface area contributed by atoms with Gasteiger partial charge in [-0.3, -0.25) is 10.1 Å². The molecule has 3 heterocycles. The number of nitrogens with zero attached hydrogens (tertiary/aromatic N) is 4. The summed E-state index contributed by atoms with van der Waals surface area (Å²) in [6, 6.07) is 9.12. The van der Waals surface area contributed by atoms with E-state index in [9.17, 15) is 14.9 Å². The van der Waals surface area contributed by atoms with E-state index in [1.165, 1.54) is 19.4 Å². The molecule has 0 saturated carbocycles. The van der Waals surface area contributed by atoms with Crippen LogP contribution < -0.4 is 4.90 Å². The number of aromatic nitrogens is 3. The second kappa shape index (κ2) is 7.26. The Balaban J connectivity index is 1.53. The third-order valence-electron chi connectivity index (χ3n) is 5.05. The number of piperidine rings is 1. The summed E-state index contributed by atoms with van der Waals surface area (Å²) in [5, 5.41) is 11.5. The Morgan fingerprint density at radius 2 is 2.07 bits per heavy atom. The minimum atomic E-state index is -0.647. The summed E-state index contributed by atoms with van der Waals surface area (Å²) in [4.78, 5) is 36.7. The van der Waals surface area contributed by atoms with Crippen LogP contribution in [0.15, 0.2) is 36.5 Å². The van der Waals surface area contributed by atoms with Crippen LogP contribution in [0.25, 0.3) is 11.0 Å². The molecule has 1 fully saturated rings. The summed E-state index contributed by atoms with van der Waals surface area (Å²) in [7, 11) is 1.23. The number of nitrogens with one attached hydrogen (secondary N) is 1. The fraction of sp³-hybridized carbons (Fsp3) is 0.316. The van der Waals surface area contributed by atoms with Crippen LogP contribution in [0.5, 0.6) is 0 Å². The molecule has 0 bridgehead atoms. The lowest BCUT2D eigenvalue weighted by Gasteiger charge is -2.31. The van der Waals surface area contributed by atoms with E-state index >= 15 is 0 Å². The maximum Gasteiger partial charge on any atom is 0.339 e. The Hall–Kier alpha value is -3.49. The van der Waals surface area contributed by atoms with Gasteiger partial charge in [0.25, 0.3) is 0 Å². The number of ether oxygens (including phenoxy) is 1. The number of nitro groups is 1. The van der Waals surface area contributed by atoms with Gasteiger partial charge in [-0.15, -0.1) is 0 Å². The molecule has 1 N–H and O–H groups in total. The number of esters is 1. The predicted molar refractivity (Wildman–Crippen MR) is 103 cm³/mol. The van der Waals surface area contributed by atoms with E-state index in [0.717, 1.165) is 29.7 Å². The molecule has 0 atom stereocenters. The molecular formula is C19H19N5O4. The number of hydrogen-bond acceptors (Lipinski definition) is 7. The van der Waals surface area contributed by atoms with E-state index in [4.69, 9.17) is 0 Å². The number of aromatic amines is 1. The van der Waals surface area contributed by atoms with E-state index in [1.807, 2.05) is 29.2 Å². The second-order valence-corrected chi connectivity index (χ2v) is 6.72. The first-order valence-electron chi connectivity index (χ1n) is 8.99. The van der Waals surface area contributed by atoms with Crippen LogP contribution >= 0.6 is 0 Å². The highest BCUT2D eigenvalue weighted by atomic mass is 16.6. The number of carbonyl (C=O) groups excluding carboxylic acids is 1. The highest BCUT2D eigenvalue weighted by Crippen LogP contribution is 2.33. The third kappa shape index (κ3) is 3.26. The largest absolute Gasteiger partial charge is 0.465 e. The van der Waals surface area contributed by atoms with Gasteiger partial charge in [0.15, 0.2) is 0 Å². The van der Waals surface area contributed by atoms with Crippen molar-refractivity contribution < 1.29 is 14.5 Å². The summed E-state index contributed by atoms with van der Waals surface area (Å²) in [5.41, 5.74) is 1.83. The quantitative estimate of drug-likeness (QED) is 0.420. The predicted octanol–water partition coefficient (Wildman–Crippen LogP) is 3.04. The second-order valence-electron chi connectivity index (χ2n) is 6.72. The smallest absolute Gasteiger partial charge is 0.339 e. The number of fused-ring (bicyclic) bond motifs is 1. The van der Waals surface area contributed by atoms with Gasteiger partial charge in [0.2, 0.25) is 5.82 Å². The number of benzene rings is 1. The molecule has 0 unspecified atom stereocenters. The van der Waals surface area contributed by atoms with E-state index < -0.39 is 10.9 Å². The molecule has 0 aliphatic carbocycles. The van der Waals surface area contributed by atoms with Gasteiger partial charge in [0.05, 0.1) is 28.6 Å². The summed E-state index contributed by atoms with van der Waals surface area (Å²) < 4.78 is 4.62. The van der Waals surface area contributed by atoms with Crippen molar-refractivity contribution >= 4 is 28.5 Å². The molecule has 1 aliphatic rings. The molecule has 0 spiro atoms. The molecule has 1 saturated heterocycles. The van der Waals surface area contributed by atoms with Crippen LogP contribution in [-0.2, 0) is 4.74 Å². The van der Waals surface area contributed by atoms with Gasteiger partial charge < -0.3 is 14.6 Å². The fourth-order valence-electron chi connectivity index (χ4n) is 3.58. The number of methoxy groups -OCH3 is 1. The molecule has 4 rings (SSSR count). The Kier molecular flexibility index (Phi) is 4.64. The Morgan fingerprint density at radius 3 is 2.75 bits per heavy atom. The number of anilines is 1. The minimum absolute atomic E-state index is 0.0649. The molecule has 2 aromatic heterocycles. The number of imidazole rings is 1. The summed E-state index contributed by atoms with van der Waals surface area (Å²) >= 11 is 0. The van der Waals surface area contributed by atoms with Gasteiger partial charge in [0.1, 0.15) is 5.82 Å². The van der Waals surface area contributed by atoms with Crippen molar-refractivity contribution in [3.8, 4) is 0 Å². The average molecular weight is 381 g/mol. The number of pyridine rings is 1. The molecule has 28 heavy (non-hydrogen) atoms. The van der Waals surface area contributed by atoms with Crippen molar-refractivity contribution in [2.24, 2.45) is 0 Å². The summed E-state index contributed by atoms with van der Waals surface area (Å²) in [6.07, 6.45) is 2.92. The first kappa shape index (κ1) is 17.9. The maximum atomic E-state index is 11.6. The molecule has 0 amide bonds. The lowest BCUT2D eigenvalue weighted by molar-refractivity contribution is -0.384. The van der Waals surface area contributed by atoms with Crippen molar-refractivity contribution in [1.29, 1.82) is 0 Å². The van der Waals surface area contributed by atoms with Crippen LogP contribution in [-0.4, -0.2) is 46.0 Å². The minimum Gasteiger partial charge on any atom is -0.465 e. The topological polar surface area (TPSA) is 114 Å². The molecule has 144 valence electrons. The number of para-hydroxylation sites is 2. The SMILES string of the molecule is COC(=O)c1cnc(N2CCC(c3nc4ccccc4[nH]3)CC2)c([N+](=O)[O-])c1. The van der Waals surface area contributed by atoms with E-state index in [-0.39, 0.29) is 23.0 Å².